The molecule has 1 aliphatic heterocycles. The summed E-state index contributed by atoms with van der Waals surface area (Å²) in [6, 6.07) is 9.85. The van der Waals surface area contributed by atoms with Gasteiger partial charge in [-0.25, -0.2) is 0 Å². The fraction of sp³-hybridized carbons (Fsp3) is 0.429. The molecule has 0 bridgehead atoms. The molecule has 1 amide bonds. The first-order valence-electron chi connectivity index (χ1n) is 9.73. The van der Waals surface area contributed by atoms with E-state index in [0.717, 1.165) is 42.4 Å². The van der Waals surface area contributed by atoms with Gasteiger partial charge in [-0.1, -0.05) is 29.4 Å². The molecule has 0 unspecified atom stereocenters. The summed E-state index contributed by atoms with van der Waals surface area (Å²) in [4.78, 5) is 24.0. The molecule has 2 fully saturated rings. The van der Waals surface area contributed by atoms with Crippen LogP contribution in [0.15, 0.2) is 41.1 Å². The van der Waals surface area contributed by atoms with Crippen molar-refractivity contribution in [1.82, 2.24) is 20.0 Å². The Labute approximate surface area is 157 Å². The number of hydrogen-bond acceptors (Lipinski definition) is 5. The molecule has 1 atom stereocenters. The van der Waals surface area contributed by atoms with Crippen LogP contribution in [0.3, 0.4) is 0 Å². The largest absolute Gasteiger partial charge is 0.339 e. The standard InChI is InChI=1S/C21H22N4O2/c26-21(19-17-6-2-1-5-15(17)9-10-22-19)25-11-3-4-14(13-25)12-18-23-20(24-27-18)16-7-8-16/h1-2,5-6,9-10,14,16H,3-4,7-8,11-13H2/t14-/m0/s1. The van der Waals surface area contributed by atoms with E-state index in [1.54, 1.807) is 6.20 Å². The summed E-state index contributed by atoms with van der Waals surface area (Å²) in [5.74, 6) is 2.43. The number of aromatic nitrogens is 3. The molecule has 1 saturated heterocycles. The Morgan fingerprint density at radius 1 is 1.19 bits per heavy atom. The van der Waals surface area contributed by atoms with Crippen LogP contribution in [-0.4, -0.2) is 39.0 Å². The summed E-state index contributed by atoms with van der Waals surface area (Å²) in [5.41, 5.74) is 0.544. The minimum Gasteiger partial charge on any atom is -0.339 e. The lowest BCUT2D eigenvalue weighted by Gasteiger charge is -2.32. The van der Waals surface area contributed by atoms with E-state index in [2.05, 4.69) is 15.1 Å². The minimum atomic E-state index is 0.0145. The molecule has 3 heterocycles. The fourth-order valence-electron chi connectivity index (χ4n) is 3.96. The maximum atomic E-state index is 13.1. The van der Waals surface area contributed by atoms with Gasteiger partial charge in [-0.15, -0.1) is 0 Å². The van der Waals surface area contributed by atoms with Crippen molar-refractivity contribution in [2.75, 3.05) is 13.1 Å². The van der Waals surface area contributed by atoms with Crippen LogP contribution in [0.2, 0.25) is 0 Å². The number of pyridine rings is 1. The topological polar surface area (TPSA) is 72.1 Å². The van der Waals surface area contributed by atoms with Crippen molar-refractivity contribution >= 4 is 16.7 Å². The Balaban J connectivity index is 1.31. The van der Waals surface area contributed by atoms with Crippen LogP contribution in [0.1, 0.15) is 53.8 Å². The molecule has 1 aliphatic carbocycles. The highest BCUT2D eigenvalue weighted by Crippen LogP contribution is 2.38. The zero-order chi connectivity index (χ0) is 18.2. The van der Waals surface area contributed by atoms with Crippen molar-refractivity contribution in [3.05, 3.63) is 53.9 Å². The highest BCUT2D eigenvalue weighted by Gasteiger charge is 2.31. The Bertz CT molecular complexity index is 974. The van der Waals surface area contributed by atoms with Gasteiger partial charge in [-0.2, -0.15) is 4.98 Å². The molecule has 0 spiro atoms. The van der Waals surface area contributed by atoms with E-state index in [4.69, 9.17) is 4.52 Å². The predicted molar refractivity (Wildman–Crippen MR) is 100 cm³/mol. The molecule has 1 aromatic carbocycles. The van der Waals surface area contributed by atoms with E-state index in [9.17, 15) is 4.79 Å². The number of piperidine rings is 1. The van der Waals surface area contributed by atoms with Gasteiger partial charge in [0.2, 0.25) is 5.89 Å². The van der Waals surface area contributed by atoms with Crippen LogP contribution in [0.5, 0.6) is 0 Å². The van der Waals surface area contributed by atoms with E-state index in [1.165, 1.54) is 12.8 Å². The number of amides is 1. The third-order valence-electron chi connectivity index (χ3n) is 5.57. The molecule has 6 heteroatoms. The maximum Gasteiger partial charge on any atom is 0.273 e. The summed E-state index contributed by atoms with van der Waals surface area (Å²) in [6.07, 6.45) is 6.87. The highest BCUT2D eigenvalue weighted by atomic mass is 16.5. The zero-order valence-electron chi connectivity index (χ0n) is 15.2. The van der Waals surface area contributed by atoms with Crippen molar-refractivity contribution in [1.29, 1.82) is 0 Å². The van der Waals surface area contributed by atoms with Crippen LogP contribution in [0.4, 0.5) is 0 Å². The van der Waals surface area contributed by atoms with Crippen LogP contribution in [0.25, 0.3) is 10.8 Å². The Hall–Kier alpha value is -2.76. The van der Waals surface area contributed by atoms with Crippen molar-refractivity contribution in [2.24, 2.45) is 5.92 Å². The summed E-state index contributed by atoms with van der Waals surface area (Å²) < 4.78 is 5.43. The third kappa shape index (κ3) is 3.31. The lowest BCUT2D eigenvalue weighted by Crippen LogP contribution is -2.41. The second kappa shape index (κ2) is 6.76. The number of fused-ring (bicyclic) bond motifs is 1. The van der Waals surface area contributed by atoms with Gasteiger partial charge in [-0.3, -0.25) is 9.78 Å². The average molecular weight is 362 g/mol. The first-order valence-corrected chi connectivity index (χ1v) is 9.73. The van der Waals surface area contributed by atoms with Gasteiger partial charge in [0.05, 0.1) is 0 Å². The fourth-order valence-corrected chi connectivity index (χ4v) is 3.96. The van der Waals surface area contributed by atoms with Crippen LogP contribution in [-0.2, 0) is 6.42 Å². The average Bonchev–Trinajstić information content (AvgIpc) is 3.47. The van der Waals surface area contributed by atoms with E-state index >= 15 is 0 Å². The van der Waals surface area contributed by atoms with Gasteiger partial charge < -0.3 is 9.42 Å². The predicted octanol–water partition coefficient (Wildman–Crippen LogP) is 3.59. The van der Waals surface area contributed by atoms with Gasteiger partial charge >= 0.3 is 0 Å². The molecule has 138 valence electrons. The third-order valence-corrected chi connectivity index (χ3v) is 5.57. The van der Waals surface area contributed by atoms with Gasteiger partial charge in [0.1, 0.15) is 5.69 Å². The number of carbonyl (C=O) groups is 1. The monoisotopic (exact) mass is 362 g/mol. The van der Waals surface area contributed by atoms with Gasteiger partial charge in [0.25, 0.3) is 5.91 Å². The minimum absolute atomic E-state index is 0.0145. The molecule has 27 heavy (non-hydrogen) atoms. The Morgan fingerprint density at radius 2 is 2.07 bits per heavy atom. The molecular formula is C21H22N4O2. The van der Waals surface area contributed by atoms with E-state index in [1.807, 2.05) is 35.2 Å². The molecule has 2 aromatic heterocycles. The molecule has 1 saturated carbocycles. The molecule has 6 nitrogen and oxygen atoms in total. The quantitative estimate of drug-likeness (QED) is 0.709. The van der Waals surface area contributed by atoms with Crippen molar-refractivity contribution < 1.29 is 9.32 Å². The van der Waals surface area contributed by atoms with Crippen molar-refractivity contribution in [2.45, 2.75) is 38.0 Å². The van der Waals surface area contributed by atoms with Gasteiger partial charge in [0, 0.05) is 37.0 Å². The molecule has 0 N–H and O–H groups in total. The van der Waals surface area contributed by atoms with Crippen LogP contribution >= 0.6 is 0 Å². The molecule has 2 aliphatic rings. The number of benzene rings is 1. The summed E-state index contributed by atoms with van der Waals surface area (Å²) in [7, 11) is 0. The molecule has 0 radical (unpaired) electrons. The lowest BCUT2D eigenvalue weighted by atomic mass is 9.94. The van der Waals surface area contributed by atoms with Gasteiger partial charge in [-0.05, 0) is 43.1 Å². The normalized spacial score (nSPS) is 20.1. The van der Waals surface area contributed by atoms with Crippen molar-refractivity contribution in [3.8, 4) is 0 Å². The highest BCUT2D eigenvalue weighted by molar-refractivity contribution is 6.05. The molecular weight excluding hydrogens is 340 g/mol. The second-order valence-electron chi connectivity index (χ2n) is 7.66. The second-order valence-corrected chi connectivity index (χ2v) is 7.66. The van der Waals surface area contributed by atoms with E-state index in [-0.39, 0.29) is 5.91 Å². The van der Waals surface area contributed by atoms with Crippen LogP contribution < -0.4 is 0 Å². The first-order chi connectivity index (χ1) is 13.3. The number of carbonyl (C=O) groups excluding carboxylic acids is 1. The number of likely N-dealkylation sites (tertiary alicyclic amines) is 1. The Morgan fingerprint density at radius 3 is 2.96 bits per heavy atom. The first kappa shape index (κ1) is 16.4. The molecule has 3 aromatic rings. The summed E-state index contributed by atoms with van der Waals surface area (Å²) in [6.45, 7) is 1.49. The Kier molecular flexibility index (Phi) is 4.11. The zero-order valence-corrected chi connectivity index (χ0v) is 15.2. The number of rotatable bonds is 4. The molecule has 5 rings (SSSR count). The van der Waals surface area contributed by atoms with Gasteiger partial charge in [0.15, 0.2) is 5.82 Å². The van der Waals surface area contributed by atoms with Crippen molar-refractivity contribution in [3.63, 3.8) is 0 Å². The summed E-state index contributed by atoms with van der Waals surface area (Å²) in [5, 5.41) is 6.06. The summed E-state index contributed by atoms with van der Waals surface area (Å²) >= 11 is 0. The van der Waals surface area contributed by atoms with E-state index in [0.29, 0.717) is 30.0 Å². The van der Waals surface area contributed by atoms with E-state index < -0.39 is 0 Å². The maximum absolute atomic E-state index is 13.1. The number of hydrogen-bond donors (Lipinski definition) is 0. The van der Waals surface area contributed by atoms with Crippen LogP contribution in [0, 0.1) is 5.92 Å². The SMILES string of the molecule is O=C(c1nccc2ccccc12)N1CCC[C@@H](Cc2nc(C3CC3)no2)C1. The number of nitrogens with zero attached hydrogens (tertiary/aromatic N) is 4. The smallest absolute Gasteiger partial charge is 0.273 e. The lowest BCUT2D eigenvalue weighted by molar-refractivity contribution is 0.0664.